The highest BCUT2D eigenvalue weighted by Gasteiger charge is 2.28. The van der Waals surface area contributed by atoms with Crippen LogP contribution in [0.5, 0.6) is 5.75 Å². The fourth-order valence-corrected chi connectivity index (χ4v) is 4.49. The van der Waals surface area contributed by atoms with Crippen molar-refractivity contribution in [1.29, 1.82) is 0 Å². The number of carbonyl (C=O) groups is 1. The summed E-state index contributed by atoms with van der Waals surface area (Å²) in [6, 6.07) is 12.8. The fourth-order valence-electron chi connectivity index (χ4n) is 4.49. The third-order valence-electron chi connectivity index (χ3n) is 5.98. The topological polar surface area (TPSA) is 54.6 Å². The van der Waals surface area contributed by atoms with Gasteiger partial charge in [-0.2, -0.15) is 0 Å². The van der Waals surface area contributed by atoms with Gasteiger partial charge >= 0.3 is 0 Å². The van der Waals surface area contributed by atoms with Crippen LogP contribution in [0.2, 0.25) is 0 Å². The molecule has 4 rings (SSSR count). The Bertz CT molecular complexity index is 1010. The summed E-state index contributed by atoms with van der Waals surface area (Å²) in [6.07, 6.45) is 6.69. The van der Waals surface area contributed by atoms with Crippen molar-refractivity contribution in [1.82, 2.24) is 9.88 Å². The molecule has 0 radical (unpaired) electrons. The van der Waals surface area contributed by atoms with E-state index in [1.807, 2.05) is 11.0 Å². The Morgan fingerprint density at radius 3 is 2.90 bits per heavy atom. The molecule has 5 nitrogen and oxygen atoms in total. The van der Waals surface area contributed by atoms with E-state index in [1.54, 1.807) is 7.11 Å². The minimum absolute atomic E-state index is 0.0560. The summed E-state index contributed by atoms with van der Waals surface area (Å²) in [4.78, 5) is 17.1. The fraction of sp³-hybridized carbons (Fsp3) is 0.400. The van der Waals surface area contributed by atoms with E-state index in [1.165, 1.54) is 22.1 Å². The molecule has 0 saturated heterocycles. The van der Waals surface area contributed by atoms with Crippen molar-refractivity contribution in [3.05, 3.63) is 64.8 Å². The van der Waals surface area contributed by atoms with Crippen LogP contribution >= 0.6 is 0 Å². The quantitative estimate of drug-likeness (QED) is 0.520. The highest BCUT2D eigenvalue weighted by atomic mass is 16.5. The van der Waals surface area contributed by atoms with Gasteiger partial charge in [0, 0.05) is 36.3 Å². The Balaban J connectivity index is 1.64. The number of methoxy groups -OCH3 is 1. The maximum absolute atomic E-state index is 11.8. The predicted octanol–water partition coefficient (Wildman–Crippen LogP) is 4.79. The summed E-state index contributed by atoms with van der Waals surface area (Å²) in [5.74, 6) is 0.877. The smallest absolute Gasteiger partial charge is 0.210 e. The molecule has 0 bridgehead atoms. The number of H-pyrrole nitrogens is 1. The van der Waals surface area contributed by atoms with Crippen LogP contribution in [0.15, 0.2) is 42.6 Å². The van der Waals surface area contributed by atoms with E-state index in [4.69, 9.17) is 9.47 Å². The van der Waals surface area contributed by atoms with Crippen molar-refractivity contribution in [2.75, 3.05) is 20.3 Å². The Morgan fingerprint density at radius 2 is 2.10 bits per heavy atom. The minimum Gasteiger partial charge on any atom is -0.493 e. The second-order valence-corrected chi connectivity index (χ2v) is 7.95. The normalized spacial score (nSPS) is 15.9. The maximum atomic E-state index is 11.8. The lowest BCUT2D eigenvalue weighted by molar-refractivity contribution is -0.120. The first-order valence-corrected chi connectivity index (χ1v) is 10.8. The molecule has 0 saturated carbocycles. The van der Waals surface area contributed by atoms with Gasteiger partial charge in [0.2, 0.25) is 6.41 Å². The average Bonchev–Trinajstić information content (AvgIpc) is 3.19. The monoisotopic (exact) mass is 406 g/mol. The number of benzene rings is 2. The van der Waals surface area contributed by atoms with Crippen LogP contribution < -0.4 is 4.74 Å². The molecule has 3 aromatic rings. The van der Waals surface area contributed by atoms with Gasteiger partial charge in [-0.05, 0) is 60.6 Å². The molecule has 0 fully saturated rings. The molecule has 1 N–H and O–H groups in total. The van der Waals surface area contributed by atoms with Crippen molar-refractivity contribution in [2.24, 2.45) is 0 Å². The third kappa shape index (κ3) is 4.08. The van der Waals surface area contributed by atoms with E-state index in [9.17, 15) is 4.79 Å². The highest BCUT2D eigenvalue weighted by molar-refractivity contribution is 5.83. The van der Waals surface area contributed by atoms with Crippen LogP contribution in [-0.2, 0) is 29.0 Å². The van der Waals surface area contributed by atoms with E-state index < -0.39 is 0 Å². The molecule has 0 spiro atoms. The van der Waals surface area contributed by atoms with Gasteiger partial charge in [0.25, 0.3) is 0 Å². The molecule has 158 valence electrons. The molecule has 2 aromatic carbocycles. The SMILES string of the molecule is CCCOc1cc2c(cc1COC)CCN(C=O)[C@H]2CCc1c[nH]c2ccccc12. The first-order chi connectivity index (χ1) is 14.7. The number of aryl methyl sites for hydroxylation is 1. The first kappa shape index (κ1) is 20.5. The van der Waals surface area contributed by atoms with E-state index in [0.717, 1.165) is 55.5 Å². The van der Waals surface area contributed by atoms with Crippen molar-refractivity contribution in [3.8, 4) is 5.75 Å². The summed E-state index contributed by atoms with van der Waals surface area (Å²) in [5.41, 5.74) is 6.04. The number of para-hydroxylation sites is 1. The second-order valence-electron chi connectivity index (χ2n) is 7.95. The zero-order valence-corrected chi connectivity index (χ0v) is 17.8. The number of rotatable bonds is 9. The van der Waals surface area contributed by atoms with Gasteiger partial charge < -0.3 is 19.4 Å². The van der Waals surface area contributed by atoms with Gasteiger partial charge in [-0.1, -0.05) is 25.1 Å². The summed E-state index contributed by atoms with van der Waals surface area (Å²) >= 11 is 0. The first-order valence-electron chi connectivity index (χ1n) is 10.8. The standard InChI is InChI=1S/C25H30N2O3/c1-3-12-30-25-14-22-18(13-20(25)16-29-2)10-11-27(17-28)24(22)9-8-19-15-26-23-7-5-4-6-21(19)23/h4-7,13-15,17,24,26H,3,8-12,16H2,1-2H3/t24-/m0/s1. The number of ether oxygens (including phenoxy) is 2. The number of aromatic amines is 1. The molecular weight excluding hydrogens is 376 g/mol. The van der Waals surface area contributed by atoms with E-state index >= 15 is 0 Å². The lowest BCUT2D eigenvalue weighted by Crippen LogP contribution is -2.35. The van der Waals surface area contributed by atoms with Crippen LogP contribution in [0, 0.1) is 0 Å². The molecule has 1 aliphatic rings. The minimum atomic E-state index is 0.0560. The van der Waals surface area contributed by atoms with Gasteiger partial charge in [-0.25, -0.2) is 0 Å². The molecule has 1 aliphatic heterocycles. The van der Waals surface area contributed by atoms with Gasteiger partial charge in [-0.15, -0.1) is 0 Å². The van der Waals surface area contributed by atoms with Crippen LogP contribution in [0.3, 0.4) is 0 Å². The van der Waals surface area contributed by atoms with Gasteiger partial charge in [0.05, 0.1) is 19.3 Å². The Morgan fingerprint density at radius 1 is 1.23 bits per heavy atom. The van der Waals surface area contributed by atoms with Crippen LogP contribution in [0.25, 0.3) is 10.9 Å². The maximum Gasteiger partial charge on any atom is 0.210 e. The van der Waals surface area contributed by atoms with Crippen LogP contribution in [0.4, 0.5) is 0 Å². The van der Waals surface area contributed by atoms with E-state index in [-0.39, 0.29) is 6.04 Å². The third-order valence-corrected chi connectivity index (χ3v) is 5.98. The predicted molar refractivity (Wildman–Crippen MR) is 119 cm³/mol. The van der Waals surface area contributed by atoms with Gasteiger partial charge in [0.1, 0.15) is 5.75 Å². The number of carbonyl (C=O) groups excluding carboxylic acids is 1. The second kappa shape index (κ2) is 9.35. The molecule has 30 heavy (non-hydrogen) atoms. The van der Waals surface area contributed by atoms with Crippen LogP contribution in [0.1, 0.15) is 48.1 Å². The lowest BCUT2D eigenvalue weighted by atomic mass is 9.87. The number of hydrogen-bond donors (Lipinski definition) is 1. The molecular formula is C25H30N2O3. The van der Waals surface area contributed by atoms with Crippen LogP contribution in [-0.4, -0.2) is 36.6 Å². The number of nitrogens with zero attached hydrogens (tertiary/aromatic N) is 1. The molecule has 0 unspecified atom stereocenters. The zero-order valence-electron chi connectivity index (χ0n) is 17.8. The largest absolute Gasteiger partial charge is 0.493 e. The highest BCUT2D eigenvalue weighted by Crippen LogP contribution is 2.37. The Kier molecular flexibility index (Phi) is 6.38. The van der Waals surface area contributed by atoms with Gasteiger partial charge in [0.15, 0.2) is 0 Å². The Labute approximate surface area is 178 Å². The van der Waals surface area contributed by atoms with Gasteiger partial charge in [-0.3, -0.25) is 4.79 Å². The summed E-state index contributed by atoms with van der Waals surface area (Å²) in [6.45, 7) is 4.06. The number of hydrogen-bond acceptors (Lipinski definition) is 3. The van der Waals surface area contributed by atoms with Crippen molar-refractivity contribution < 1.29 is 14.3 Å². The Hall–Kier alpha value is -2.79. The summed E-state index contributed by atoms with van der Waals surface area (Å²) in [7, 11) is 1.71. The summed E-state index contributed by atoms with van der Waals surface area (Å²) in [5, 5.41) is 1.26. The lowest BCUT2D eigenvalue weighted by Gasteiger charge is -2.35. The average molecular weight is 407 g/mol. The number of fused-ring (bicyclic) bond motifs is 2. The molecule has 2 heterocycles. The number of nitrogens with one attached hydrogen (secondary N) is 1. The van der Waals surface area contributed by atoms with Crippen molar-refractivity contribution in [3.63, 3.8) is 0 Å². The molecule has 5 heteroatoms. The molecule has 1 amide bonds. The zero-order chi connectivity index (χ0) is 20.9. The number of aromatic nitrogens is 1. The van der Waals surface area contributed by atoms with E-state index in [0.29, 0.717) is 13.2 Å². The van der Waals surface area contributed by atoms with Crippen molar-refractivity contribution in [2.45, 2.75) is 45.3 Å². The molecule has 1 atom stereocenters. The number of amides is 1. The van der Waals surface area contributed by atoms with Crippen molar-refractivity contribution >= 4 is 17.3 Å². The van der Waals surface area contributed by atoms with E-state index in [2.05, 4.69) is 48.4 Å². The summed E-state index contributed by atoms with van der Waals surface area (Å²) < 4.78 is 11.4. The molecule has 0 aliphatic carbocycles. The molecule has 1 aromatic heterocycles.